The highest BCUT2D eigenvalue weighted by atomic mass is 35.5. The Hall–Kier alpha value is -1.74. The van der Waals surface area contributed by atoms with Crippen LogP contribution < -0.4 is 0 Å². The molecule has 0 spiro atoms. The molecular formula is C20H28ClN5O2Si. The molecule has 1 unspecified atom stereocenters. The average Bonchev–Trinajstić information content (AvgIpc) is 3.31. The maximum absolute atomic E-state index is 6.45. The van der Waals surface area contributed by atoms with Gasteiger partial charge in [0, 0.05) is 44.8 Å². The number of halogens is 1. The highest BCUT2D eigenvalue weighted by molar-refractivity contribution is 6.76. The third-order valence-electron chi connectivity index (χ3n) is 5.20. The number of ether oxygens (including phenoxy) is 2. The monoisotopic (exact) mass is 433 g/mol. The van der Waals surface area contributed by atoms with Gasteiger partial charge in [0.2, 0.25) is 0 Å². The van der Waals surface area contributed by atoms with Crippen LogP contribution in [0.25, 0.3) is 22.2 Å². The van der Waals surface area contributed by atoms with Crippen molar-refractivity contribution in [1.29, 1.82) is 0 Å². The fraction of sp³-hybridized carbons (Fsp3) is 0.550. The first kappa shape index (κ1) is 20.5. The lowest BCUT2D eigenvalue weighted by Crippen LogP contribution is -2.22. The van der Waals surface area contributed by atoms with E-state index < -0.39 is 8.07 Å². The first-order valence-electron chi connectivity index (χ1n) is 10.2. The van der Waals surface area contributed by atoms with E-state index in [1.807, 2.05) is 27.8 Å². The molecule has 7 nitrogen and oxygen atoms in total. The number of nitrogens with zero attached hydrogens (tertiary/aromatic N) is 5. The van der Waals surface area contributed by atoms with Gasteiger partial charge in [-0.1, -0.05) is 31.2 Å². The summed E-state index contributed by atoms with van der Waals surface area (Å²) in [6, 6.07) is 1.13. The van der Waals surface area contributed by atoms with Gasteiger partial charge in [-0.2, -0.15) is 5.10 Å². The Morgan fingerprint density at radius 1 is 1.24 bits per heavy atom. The van der Waals surface area contributed by atoms with Gasteiger partial charge in [-0.15, -0.1) is 0 Å². The molecule has 4 rings (SSSR count). The van der Waals surface area contributed by atoms with Crippen molar-refractivity contribution in [2.75, 3.05) is 13.2 Å². The zero-order valence-corrected chi connectivity index (χ0v) is 19.0. The molecule has 156 valence electrons. The summed E-state index contributed by atoms with van der Waals surface area (Å²) in [5, 5.41) is 5.80. The van der Waals surface area contributed by atoms with Crippen molar-refractivity contribution < 1.29 is 9.47 Å². The van der Waals surface area contributed by atoms with Gasteiger partial charge in [-0.25, -0.2) is 14.6 Å². The first-order chi connectivity index (χ1) is 13.9. The maximum Gasteiger partial charge on any atom is 0.150 e. The minimum atomic E-state index is -1.12. The van der Waals surface area contributed by atoms with Crippen molar-refractivity contribution in [3.63, 3.8) is 0 Å². The van der Waals surface area contributed by atoms with Crippen LogP contribution >= 0.6 is 11.6 Å². The van der Waals surface area contributed by atoms with Crippen molar-refractivity contribution in [3.8, 4) is 11.1 Å². The summed E-state index contributed by atoms with van der Waals surface area (Å²) >= 11 is 6.45. The smallest absolute Gasteiger partial charge is 0.150 e. The molecule has 1 aliphatic rings. The summed E-state index contributed by atoms with van der Waals surface area (Å²) in [4.78, 5) is 8.64. The van der Waals surface area contributed by atoms with Crippen LogP contribution in [-0.2, 0) is 16.2 Å². The molecule has 4 heterocycles. The molecule has 0 amide bonds. The minimum absolute atomic E-state index is 0.00229. The number of rotatable bonds is 7. The van der Waals surface area contributed by atoms with E-state index in [1.54, 1.807) is 0 Å². The van der Waals surface area contributed by atoms with Gasteiger partial charge in [-0.3, -0.25) is 0 Å². The zero-order valence-electron chi connectivity index (χ0n) is 17.3. The first-order valence-corrected chi connectivity index (χ1v) is 14.2. The normalized spacial score (nSPS) is 17.9. The second-order valence-electron chi connectivity index (χ2n) is 8.75. The van der Waals surface area contributed by atoms with Gasteiger partial charge in [0.1, 0.15) is 30.1 Å². The number of fused-ring (bicyclic) bond motifs is 1. The Bertz CT molecular complexity index is 975. The van der Waals surface area contributed by atoms with Crippen molar-refractivity contribution in [2.24, 2.45) is 0 Å². The number of aromatic nitrogens is 5. The van der Waals surface area contributed by atoms with E-state index in [2.05, 4.69) is 34.7 Å². The fourth-order valence-corrected chi connectivity index (χ4v) is 4.50. The van der Waals surface area contributed by atoms with Crippen LogP contribution in [0, 0.1) is 0 Å². The summed E-state index contributed by atoms with van der Waals surface area (Å²) in [7, 11) is -1.12. The van der Waals surface area contributed by atoms with E-state index in [0.717, 1.165) is 60.7 Å². The van der Waals surface area contributed by atoms with E-state index in [4.69, 9.17) is 21.1 Å². The quantitative estimate of drug-likeness (QED) is 0.299. The Labute approximate surface area is 177 Å². The molecule has 9 heteroatoms. The molecule has 0 aliphatic carbocycles. The predicted octanol–water partition coefficient (Wildman–Crippen LogP) is 4.96. The van der Waals surface area contributed by atoms with Gasteiger partial charge >= 0.3 is 0 Å². The lowest BCUT2D eigenvalue weighted by Gasteiger charge is -2.22. The molecule has 1 fully saturated rings. The van der Waals surface area contributed by atoms with Crippen LogP contribution in [-0.4, -0.2) is 45.6 Å². The molecular weight excluding hydrogens is 406 g/mol. The van der Waals surface area contributed by atoms with E-state index in [1.165, 1.54) is 6.33 Å². The Balaban J connectivity index is 1.60. The SMILES string of the molecule is C[Si](C)(C)CCOCn1cc(-c2cnn(C3CCCCO3)c2)c2c(Cl)ncnc21. The van der Waals surface area contributed by atoms with Gasteiger partial charge in [0.15, 0.2) is 0 Å². The van der Waals surface area contributed by atoms with Crippen LogP contribution in [0.5, 0.6) is 0 Å². The third kappa shape index (κ3) is 4.71. The van der Waals surface area contributed by atoms with Crippen molar-refractivity contribution in [3.05, 3.63) is 30.1 Å². The van der Waals surface area contributed by atoms with E-state index >= 15 is 0 Å². The van der Waals surface area contributed by atoms with Crippen molar-refractivity contribution in [2.45, 2.75) is 57.9 Å². The lowest BCUT2D eigenvalue weighted by molar-refractivity contribution is -0.0394. The highest BCUT2D eigenvalue weighted by Gasteiger charge is 2.20. The molecule has 0 bridgehead atoms. The fourth-order valence-electron chi connectivity index (χ4n) is 3.51. The number of hydrogen-bond donors (Lipinski definition) is 0. The van der Waals surface area contributed by atoms with Gasteiger partial charge in [0.05, 0.1) is 11.6 Å². The van der Waals surface area contributed by atoms with Gasteiger partial charge < -0.3 is 14.0 Å². The van der Waals surface area contributed by atoms with Crippen LogP contribution in [0.4, 0.5) is 0 Å². The largest absolute Gasteiger partial charge is 0.361 e. The highest BCUT2D eigenvalue weighted by Crippen LogP contribution is 2.34. The predicted molar refractivity (Wildman–Crippen MR) is 117 cm³/mol. The number of hydrogen-bond acceptors (Lipinski definition) is 5. The molecule has 3 aromatic heterocycles. The van der Waals surface area contributed by atoms with Gasteiger partial charge in [-0.05, 0) is 25.3 Å². The molecule has 1 atom stereocenters. The maximum atomic E-state index is 6.45. The zero-order chi connectivity index (χ0) is 20.4. The molecule has 1 saturated heterocycles. The second-order valence-corrected chi connectivity index (χ2v) is 14.7. The lowest BCUT2D eigenvalue weighted by atomic mass is 10.1. The van der Waals surface area contributed by atoms with E-state index in [9.17, 15) is 0 Å². The molecule has 1 aliphatic heterocycles. The average molecular weight is 434 g/mol. The standard InChI is InChI=1S/C20H28ClN5O2Si/c1-29(2,3)9-8-27-14-25-12-16(18-19(21)22-13-23-20(18)25)15-10-24-26(11-15)17-6-4-5-7-28-17/h10-13,17H,4-9,14H2,1-3H3. The van der Waals surface area contributed by atoms with Crippen molar-refractivity contribution >= 4 is 30.7 Å². The Morgan fingerprint density at radius 3 is 2.86 bits per heavy atom. The molecule has 0 aromatic carbocycles. The van der Waals surface area contributed by atoms with E-state index in [-0.39, 0.29) is 6.23 Å². The molecule has 29 heavy (non-hydrogen) atoms. The molecule has 3 aromatic rings. The summed E-state index contributed by atoms with van der Waals surface area (Å²) in [6.07, 6.45) is 10.7. The minimum Gasteiger partial charge on any atom is -0.361 e. The summed E-state index contributed by atoms with van der Waals surface area (Å²) in [5.74, 6) is 0. The Kier molecular flexibility index (Phi) is 6.05. The summed E-state index contributed by atoms with van der Waals surface area (Å²) in [6.45, 7) is 9.02. The van der Waals surface area contributed by atoms with Crippen LogP contribution in [0.1, 0.15) is 25.5 Å². The molecule has 0 radical (unpaired) electrons. The van der Waals surface area contributed by atoms with Crippen molar-refractivity contribution in [1.82, 2.24) is 24.3 Å². The third-order valence-corrected chi connectivity index (χ3v) is 7.19. The topological polar surface area (TPSA) is 67.0 Å². The Morgan fingerprint density at radius 2 is 2.10 bits per heavy atom. The van der Waals surface area contributed by atoms with Crippen LogP contribution in [0.15, 0.2) is 24.9 Å². The summed E-state index contributed by atoms with van der Waals surface area (Å²) < 4.78 is 15.7. The van der Waals surface area contributed by atoms with E-state index in [0.29, 0.717) is 11.9 Å². The molecule has 0 N–H and O–H groups in total. The van der Waals surface area contributed by atoms with Crippen LogP contribution in [0.3, 0.4) is 0 Å². The summed E-state index contributed by atoms with van der Waals surface area (Å²) in [5.41, 5.74) is 2.71. The van der Waals surface area contributed by atoms with Crippen LogP contribution in [0.2, 0.25) is 30.8 Å². The van der Waals surface area contributed by atoms with Gasteiger partial charge in [0.25, 0.3) is 0 Å². The second kappa shape index (κ2) is 8.55. The molecule has 0 saturated carbocycles.